The van der Waals surface area contributed by atoms with Gasteiger partial charge in [-0.3, -0.25) is 0 Å². The van der Waals surface area contributed by atoms with Gasteiger partial charge >= 0.3 is 0 Å². The number of hydrogen-bond acceptors (Lipinski definition) is 2. The number of nitrogens with two attached hydrogens (primary N) is 1. The van der Waals surface area contributed by atoms with E-state index in [1.165, 1.54) is 6.07 Å². The molecule has 0 amide bonds. The Bertz CT molecular complexity index is 331. The molecule has 6 heteroatoms. The summed E-state index contributed by atoms with van der Waals surface area (Å²) < 4.78 is 36.8. The molecule has 0 saturated heterocycles. The van der Waals surface area contributed by atoms with Gasteiger partial charge in [-0.2, -0.15) is 0 Å². The average molecular weight is 269 g/mol. The van der Waals surface area contributed by atoms with Crippen molar-refractivity contribution in [1.29, 1.82) is 0 Å². The fourth-order valence-corrected chi connectivity index (χ4v) is 1.26. The van der Waals surface area contributed by atoms with Crippen LogP contribution in [0.4, 0.5) is 24.5 Å². The summed E-state index contributed by atoms with van der Waals surface area (Å²) in [6.07, 6.45) is -2.50. The minimum Gasteiger partial charge on any atom is -0.397 e. The lowest BCUT2D eigenvalue weighted by molar-refractivity contribution is 0.163. The Morgan fingerprint density at radius 3 is 2.64 bits per heavy atom. The Balaban J connectivity index is 2.82. The number of nitrogen functional groups attached to an aromatic ring is 1. The summed E-state index contributed by atoms with van der Waals surface area (Å²) >= 11 is 2.93. The first-order valence-corrected chi connectivity index (χ1v) is 4.56. The van der Waals surface area contributed by atoms with Crippen LogP contribution in [0.5, 0.6) is 0 Å². The lowest BCUT2D eigenvalue weighted by Crippen LogP contribution is -2.11. The SMILES string of the molecule is Nc1cc(Br)c(F)cc1NCC(F)F. The van der Waals surface area contributed by atoms with Crippen molar-refractivity contribution in [3.63, 3.8) is 0 Å². The fourth-order valence-electron chi connectivity index (χ4n) is 0.902. The van der Waals surface area contributed by atoms with E-state index >= 15 is 0 Å². The second kappa shape index (κ2) is 4.54. The van der Waals surface area contributed by atoms with Crippen molar-refractivity contribution in [3.05, 3.63) is 22.4 Å². The minimum atomic E-state index is -2.50. The molecular formula is C8H8BrF3N2. The molecule has 1 aromatic rings. The Labute approximate surface area is 87.4 Å². The van der Waals surface area contributed by atoms with Crippen molar-refractivity contribution in [3.8, 4) is 0 Å². The summed E-state index contributed by atoms with van der Waals surface area (Å²) in [7, 11) is 0. The van der Waals surface area contributed by atoms with Gasteiger partial charge in [0.15, 0.2) is 0 Å². The summed E-state index contributed by atoms with van der Waals surface area (Å²) in [5.74, 6) is -0.545. The summed E-state index contributed by atoms with van der Waals surface area (Å²) in [5.41, 5.74) is 5.87. The summed E-state index contributed by atoms with van der Waals surface area (Å²) in [4.78, 5) is 0. The highest BCUT2D eigenvalue weighted by atomic mass is 79.9. The van der Waals surface area contributed by atoms with Crippen LogP contribution >= 0.6 is 15.9 Å². The molecule has 0 spiro atoms. The third-order valence-corrected chi connectivity index (χ3v) is 2.15. The molecule has 0 atom stereocenters. The Morgan fingerprint density at radius 2 is 2.07 bits per heavy atom. The molecule has 0 aliphatic carbocycles. The molecule has 0 bridgehead atoms. The van der Waals surface area contributed by atoms with Crippen molar-refractivity contribution in [2.24, 2.45) is 0 Å². The normalized spacial score (nSPS) is 10.6. The highest BCUT2D eigenvalue weighted by molar-refractivity contribution is 9.10. The van der Waals surface area contributed by atoms with Gasteiger partial charge in [-0.15, -0.1) is 0 Å². The van der Waals surface area contributed by atoms with Crippen LogP contribution in [0.15, 0.2) is 16.6 Å². The van der Waals surface area contributed by atoms with Crippen LogP contribution in [0.2, 0.25) is 0 Å². The van der Waals surface area contributed by atoms with Gasteiger partial charge in [0.25, 0.3) is 6.43 Å². The number of alkyl halides is 2. The number of anilines is 2. The zero-order valence-corrected chi connectivity index (χ0v) is 8.61. The van der Waals surface area contributed by atoms with Crippen LogP contribution in [0, 0.1) is 5.82 Å². The van der Waals surface area contributed by atoms with Crippen molar-refractivity contribution >= 4 is 27.3 Å². The topological polar surface area (TPSA) is 38.0 Å². The van der Waals surface area contributed by atoms with Crippen LogP contribution in [-0.2, 0) is 0 Å². The van der Waals surface area contributed by atoms with Gasteiger partial charge in [-0.25, -0.2) is 13.2 Å². The smallest absolute Gasteiger partial charge is 0.255 e. The molecule has 14 heavy (non-hydrogen) atoms. The second-order valence-corrected chi connectivity index (χ2v) is 3.48. The van der Waals surface area contributed by atoms with Gasteiger partial charge < -0.3 is 11.1 Å². The molecule has 0 heterocycles. The first kappa shape index (κ1) is 11.2. The van der Waals surface area contributed by atoms with Gasteiger partial charge in [0.05, 0.1) is 22.4 Å². The largest absolute Gasteiger partial charge is 0.397 e. The molecule has 1 aromatic carbocycles. The quantitative estimate of drug-likeness (QED) is 0.828. The molecule has 0 aromatic heterocycles. The monoisotopic (exact) mass is 268 g/mol. The van der Waals surface area contributed by atoms with E-state index in [-0.39, 0.29) is 15.8 Å². The molecule has 2 nitrogen and oxygen atoms in total. The number of halogens is 4. The van der Waals surface area contributed by atoms with Crippen molar-refractivity contribution in [2.75, 3.05) is 17.6 Å². The van der Waals surface area contributed by atoms with Crippen LogP contribution in [0.1, 0.15) is 0 Å². The maximum absolute atomic E-state index is 13.0. The van der Waals surface area contributed by atoms with Crippen LogP contribution in [-0.4, -0.2) is 13.0 Å². The molecule has 1 rings (SSSR count). The lowest BCUT2D eigenvalue weighted by Gasteiger charge is -2.09. The van der Waals surface area contributed by atoms with Crippen molar-refractivity contribution in [1.82, 2.24) is 0 Å². The second-order valence-electron chi connectivity index (χ2n) is 2.63. The van der Waals surface area contributed by atoms with E-state index in [9.17, 15) is 13.2 Å². The molecule has 0 aliphatic rings. The molecule has 0 fully saturated rings. The number of nitrogens with one attached hydrogen (secondary N) is 1. The third kappa shape index (κ3) is 2.80. The minimum absolute atomic E-state index is 0.172. The van der Waals surface area contributed by atoms with E-state index in [0.717, 1.165) is 6.07 Å². The molecule has 0 radical (unpaired) electrons. The fraction of sp³-hybridized carbons (Fsp3) is 0.250. The van der Waals surface area contributed by atoms with Gasteiger partial charge in [-0.1, -0.05) is 0 Å². The van der Waals surface area contributed by atoms with Gasteiger partial charge in [0, 0.05) is 6.07 Å². The molecule has 0 aliphatic heterocycles. The molecule has 3 N–H and O–H groups in total. The Morgan fingerprint density at radius 1 is 1.43 bits per heavy atom. The summed E-state index contributed by atoms with van der Waals surface area (Å²) in [6, 6.07) is 2.39. The first-order valence-electron chi connectivity index (χ1n) is 3.77. The average Bonchev–Trinajstić information content (AvgIpc) is 2.09. The van der Waals surface area contributed by atoms with E-state index in [0.29, 0.717) is 0 Å². The predicted octanol–water partition coefficient (Wildman–Crippen LogP) is 2.85. The highest BCUT2D eigenvalue weighted by Crippen LogP contribution is 2.26. The standard InChI is InChI=1S/C8H8BrF3N2/c9-4-1-6(13)7(2-5(4)10)14-3-8(11)12/h1-2,8,14H,3,13H2. The number of rotatable bonds is 3. The lowest BCUT2D eigenvalue weighted by atomic mass is 10.2. The van der Waals surface area contributed by atoms with Crippen LogP contribution < -0.4 is 11.1 Å². The van der Waals surface area contributed by atoms with Gasteiger partial charge in [0.1, 0.15) is 5.82 Å². The predicted molar refractivity (Wildman–Crippen MR) is 53.0 cm³/mol. The molecule has 0 saturated carbocycles. The van der Waals surface area contributed by atoms with Crippen LogP contribution in [0.3, 0.4) is 0 Å². The van der Waals surface area contributed by atoms with E-state index in [2.05, 4.69) is 21.2 Å². The van der Waals surface area contributed by atoms with Crippen LogP contribution in [0.25, 0.3) is 0 Å². The maximum Gasteiger partial charge on any atom is 0.255 e. The van der Waals surface area contributed by atoms with E-state index < -0.39 is 18.8 Å². The van der Waals surface area contributed by atoms with Gasteiger partial charge in [-0.05, 0) is 22.0 Å². The molecule has 78 valence electrons. The van der Waals surface area contributed by atoms with Gasteiger partial charge in [0.2, 0.25) is 0 Å². The van der Waals surface area contributed by atoms with E-state index in [1.807, 2.05) is 0 Å². The number of hydrogen-bond donors (Lipinski definition) is 2. The first-order chi connectivity index (χ1) is 6.50. The summed E-state index contributed by atoms with van der Waals surface area (Å²) in [5, 5.41) is 2.34. The number of benzene rings is 1. The molecule has 0 unspecified atom stereocenters. The maximum atomic E-state index is 13.0. The Kier molecular flexibility index (Phi) is 3.62. The van der Waals surface area contributed by atoms with E-state index in [4.69, 9.17) is 5.73 Å². The zero-order valence-electron chi connectivity index (χ0n) is 7.03. The Hall–Kier alpha value is -0.910. The van der Waals surface area contributed by atoms with Crippen molar-refractivity contribution < 1.29 is 13.2 Å². The third-order valence-electron chi connectivity index (χ3n) is 1.54. The molecular weight excluding hydrogens is 261 g/mol. The van der Waals surface area contributed by atoms with E-state index in [1.54, 1.807) is 0 Å². The van der Waals surface area contributed by atoms with Crippen molar-refractivity contribution in [2.45, 2.75) is 6.43 Å². The zero-order chi connectivity index (χ0) is 10.7. The highest BCUT2D eigenvalue weighted by Gasteiger charge is 2.07. The summed E-state index contributed by atoms with van der Waals surface area (Å²) in [6.45, 7) is -0.550.